The van der Waals surface area contributed by atoms with Gasteiger partial charge < -0.3 is 25.4 Å². The molecule has 0 radical (unpaired) electrons. The van der Waals surface area contributed by atoms with Crippen molar-refractivity contribution in [2.24, 2.45) is 0 Å². The van der Waals surface area contributed by atoms with Crippen LogP contribution in [0.2, 0.25) is 0 Å². The number of aromatic nitrogens is 3. The maximum Gasteiger partial charge on any atom is 0.281 e. The number of anilines is 4. The number of likely N-dealkylation sites (tertiary alicyclic amines) is 1. The molecule has 2 saturated heterocycles. The van der Waals surface area contributed by atoms with Crippen molar-refractivity contribution in [3.8, 4) is 5.75 Å². The van der Waals surface area contributed by atoms with Crippen molar-refractivity contribution in [2.45, 2.75) is 12.8 Å². The lowest BCUT2D eigenvalue weighted by atomic mass is 10.2. The van der Waals surface area contributed by atoms with Crippen LogP contribution in [-0.4, -0.2) is 78.1 Å². The average Bonchev–Trinajstić information content (AvgIpc) is 3.55. The Morgan fingerprint density at radius 3 is 2.56 bits per heavy atom. The van der Waals surface area contributed by atoms with E-state index in [1.54, 1.807) is 24.3 Å². The summed E-state index contributed by atoms with van der Waals surface area (Å²) in [6, 6.07) is 11.8. The highest BCUT2D eigenvalue weighted by Gasteiger charge is 2.18. The molecule has 10 nitrogen and oxygen atoms in total. The molecule has 36 heavy (non-hydrogen) atoms. The minimum atomic E-state index is -0.495. The number of ether oxygens (including phenoxy) is 2. The number of nitrogen functional groups attached to an aromatic ring is 1. The summed E-state index contributed by atoms with van der Waals surface area (Å²) < 4.78 is 26.5. The number of benzene rings is 2. The van der Waals surface area contributed by atoms with Crippen molar-refractivity contribution < 1.29 is 18.7 Å². The van der Waals surface area contributed by atoms with Gasteiger partial charge in [0, 0.05) is 42.6 Å². The second-order valence-corrected chi connectivity index (χ2v) is 8.82. The molecule has 0 unspecified atom stereocenters. The fourth-order valence-corrected chi connectivity index (χ4v) is 4.40. The molecule has 0 amide bonds. The van der Waals surface area contributed by atoms with Gasteiger partial charge >= 0.3 is 0 Å². The zero-order chi connectivity index (χ0) is 24.9. The lowest BCUT2D eigenvalue weighted by Gasteiger charge is -2.28. The molecule has 0 aliphatic carbocycles. The molecular formula is C25H30FN7O3. The lowest BCUT2D eigenvalue weighted by Crippen LogP contribution is -2.36. The van der Waals surface area contributed by atoms with Crippen molar-refractivity contribution in [3.63, 3.8) is 0 Å². The van der Waals surface area contributed by atoms with Gasteiger partial charge in [0.05, 0.1) is 13.2 Å². The first-order chi connectivity index (χ1) is 17.6. The molecule has 2 aromatic carbocycles. The van der Waals surface area contributed by atoms with Crippen molar-refractivity contribution in [2.75, 3.05) is 68.5 Å². The number of halogens is 1. The number of carbonyl (C=O) groups excluding carboxylic acids is 1. The SMILES string of the molecule is Nc1nc(Nc2ccc(OCCN3CCCC3)c(F)c2)nn1C(=O)c1ccc(N2CCOCC2)cc1. The second-order valence-electron chi connectivity index (χ2n) is 8.82. The minimum absolute atomic E-state index is 0.0675. The smallest absolute Gasteiger partial charge is 0.281 e. The number of carbonyl (C=O) groups is 1. The number of morpholine rings is 1. The van der Waals surface area contributed by atoms with Gasteiger partial charge in [0.15, 0.2) is 11.6 Å². The van der Waals surface area contributed by atoms with Crippen LogP contribution in [0.3, 0.4) is 0 Å². The Hall–Kier alpha value is -3.70. The molecule has 2 fully saturated rings. The van der Waals surface area contributed by atoms with Crippen LogP contribution in [0.1, 0.15) is 23.2 Å². The molecule has 3 heterocycles. The fourth-order valence-electron chi connectivity index (χ4n) is 4.40. The van der Waals surface area contributed by atoms with Crippen LogP contribution in [0.25, 0.3) is 0 Å². The monoisotopic (exact) mass is 495 g/mol. The molecule has 190 valence electrons. The van der Waals surface area contributed by atoms with Crippen LogP contribution in [0.15, 0.2) is 42.5 Å². The van der Waals surface area contributed by atoms with Gasteiger partial charge in [-0.25, -0.2) is 4.39 Å². The highest BCUT2D eigenvalue weighted by atomic mass is 19.1. The third kappa shape index (κ3) is 5.58. The van der Waals surface area contributed by atoms with Gasteiger partial charge in [-0.2, -0.15) is 9.67 Å². The van der Waals surface area contributed by atoms with E-state index in [4.69, 9.17) is 15.2 Å². The average molecular weight is 496 g/mol. The van der Waals surface area contributed by atoms with Crippen molar-refractivity contribution >= 4 is 29.2 Å². The molecule has 2 aliphatic rings. The van der Waals surface area contributed by atoms with Gasteiger partial charge in [0.2, 0.25) is 11.9 Å². The largest absolute Gasteiger partial charge is 0.489 e. The Balaban J connectivity index is 1.20. The zero-order valence-electron chi connectivity index (χ0n) is 20.0. The summed E-state index contributed by atoms with van der Waals surface area (Å²) in [7, 11) is 0. The fraction of sp³-hybridized carbons (Fsp3) is 0.400. The predicted molar refractivity (Wildman–Crippen MR) is 134 cm³/mol. The summed E-state index contributed by atoms with van der Waals surface area (Å²) in [5.41, 5.74) is 7.81. The molecule has 3 aromatic rings. The number of rotatable bonds is 8. The zero-order valence-corrected chi connectivity index (χ0v) is 20.0. The predicted octanol–water partition coefficient (Wildman–Crippen LogP) is 2.74. The van der Waals surface area contributed by atoms with Gasteiger partial charge in [-0.1, -0.05) is 0 Å². The normalized spacial score (nSPS) is 16.3. The molecule has 0 spiro atoms. The number of nitrogens with one attached hydrogen (secondary N) is 1. The van der Waals surface area contributed by atoms with E-state index >= 15 is 0 Å². The molecule has 2 aliphatic heterocycles. The molecule has 11 heteroatoms. The number of hydrogen-bond acceptors (Lipinski definition) is 9. The van der Waals surface area contributed by atoms with Crippen LogP contribution in [-0.2, 0) is 4.74 Å². The molecule has 3 N–H and O–H groups in total. The van der Waals surface area contributed by atoms with E-state index in [0.29, 0.717) is 31.1 Å². The van der Waals surface area contributed by atoms with Crippen LogP contribution in [0.4, 0.5) is 27.7 Å². The standard InChI is InChI=1S/C25H30FN7O3/c26-21-17-19(5-8-22(21)36-16-11-31-9-1-2-10-31)28-25-29-24(27)33(30-25)23(34)18-3-6-20(7-4-18)32-12-14-35-15-13-32/h3-8,17H,1-2,9-16H2,(H3,27,28,29,30). The summed E-state index contributed by atoms with van der Waals surface area (Å²) in [5.74, 6) is -0.691. The van der Waals surface area contributed by atoms with Gasteiger partial charge in [0.1, 0.15) is 6.61 Å². The van der Waals surface area contributed by atoms with Gasteiger partial charge in [-0.05, 0) is 62.3 Å². The highest BCUT2D eigenvalue weighted by molar-refractivity contribution is 5.97. The van der Waals surface area contributed by atoms with Gasteiger partial charge in [-0.15, -0.1) is 5.10 Å². The van der Waals surface area contributed by atoms with Crippen molar-refractivity contribution in [1.82, 2.24) is 19.7 Å². The van der Waals surface area contributed by atoms with Crippen LogP contribution >= 0.6 is 0 Å². The molecule has 1 aromatic heterocycles. The quantitative estimate of drug-likeness (QED) is 0.487. The van der Waals surface area contributed by atoms with Crippen LogP contribution < -0.4 is 20.7 Å². The lowest BCUT2D eigenvalue weighted by molar-refractivity contribution is 0.0948. The van der Waals surface area contributed by atoms with Gasteiger partial charge in [-0.3, -0.25) is 9.69 Å². The first-order valence-corrected chi connectivity index (χ1v) is 12.2. The Bertz CT molecular complexity index is 1190. The molecule has 5 rings (SSSR count). The summed E-state index contributed by atoms with van der Waals surface area (Å²) in [6.07, 6.45) is 2.41. The molecule has 0 atom stereocenters. The number of hydrogen-bond donors (Lipinski definition) is 2. The minimum Gasteiger partial charge on any atom is -0.489 e. The highest BCUT2D eigenvalue weighted by Crippen LogP contribution is 2.24. The van der Waals surface area contributed by atoms with E-state index in [1.807, 2.05) is 12.1 Å². The summed E-state index contributed by atoms with van der Waals surface area (Å²) in [5, 5.41) is 7.07. The summed E-state index contributed by atoms with van der Waals surface area (Å²) >= 11 is 0. The van der Waals surface area contributed by atoms with Crippen molar-refractivity contribution in [1.29, 1.82) is 0 Å². The van der Waals surface area contributed by atoms with E-state index < -0.39 is 11.7 Å². The van der Waals surface area contributed by atoms with Gasteiger partial charge in [0.25, 0.3) is 5.91 Å². The Labute approximate surface area is 208 Å². The maximum atomic E-state index is 14.5. The van der Waals surface area contributed by atoms with Crippen LogP contribution in [0, 0.1) is 5.82 Å². The Kier molecular flexibility index (Phi) is 7.28. The maximum absolute atomic E-state index is 14.5. The summed E-state index contributed by atoms with van der Waals surface area (Å²) in [6.45, 7) is 6.34. The van der Waals surface area contributed by atoms with E-state index in [-0.39, 0.29) is 17.6 Å². The summed E-state index contributed by atoms with van der Waals surface area (Å²) in [4.78, 5) is 21.6. The number of nitrogens with zero attached hydrogens (tertiary/aromatic N) is 5. The van der Waals surface area contributed by atoms with Crippen LogP contribution in [0.5, 0.6) is 5.75 Å². The third-order valence-electron chi connectivity index (χ3n) is 6.37. The second kappa shape index (κ2) is 10.9. The third-order valence-corrected chi connectivity index (χ3v) is 6.37. The molecular weight excluding hydrogens is 465 g/mol. The van der Waals surface area contributed by atoms with E-state index in [9.17, 15) is 9.18 Å². The number of nitrogens with two attached hydrogens (primary N) is 1. The first-order valence-electron chi connectivity index (χ1n) is 12.2. The van der Waals surface area contributed by atoms with E-state index in [0.717, 1.165) is 43.1 Å². The van der Waals surface area contributed by atoms with E-state index in [1.165, 1.54) is 18.9 Å². The first kappa shape index (κ1) is 24.0. The molecule has 0 saturated carbocycles. The van der Waals surface area contributed by atoms with E-state index in [2.05, 4.69) is 25.2 Å². The topological polar surface area (TPSA) is 111 Å². The van der Waals surface area contributed by atoms with Crippen molar-refractivity contribution in [3.05, 3.63) is 53.8 Å². The molecule has 0 bridgehead atoms. The Morgan fingerprint density at radius 2 is 1.83 bits per heavy atom. The Morgan fingerprint density at radius 1 is 1.08 bits per heavy atom.